The Morgan fingerprint density at radius 3 is 2.47 bits per heavy atom. The molecule has 0 saturated heterocycles. The van der Waals surface area contributed by atoms with Gasteiger partial charge in [0.2, 0.25) is 0 Å². The minimum Gasteiger partial charge on any atom is -0.464 e. The third kappa shape index (κ3) is 5.42. The fourth-order valence-corrected chi connectivity index (χ4v) is 5.13. The van der Waals surface area contributed by atoms with Crippen LogP contribution < -0.4 is 5.32 Å². The first kappa shape index (κ1) is 26.1. The highest BCUT2D eigenvalue weighted by molar-refractivity contribution is 8.01. The molecule has 2 aromatic heterocycles. The van der Waals surface area contributed by atoms with E-state index in [0.29, 0.717) is 17.1 Å². The lowest BCUT2D eigenvalue weighted by atomic mass is 9.68. The third-order valence-electron chi connectivity index (χ3n) is 5.40. The zero-order valence-electron chi connectivity index (χ0n) is 19.1. The van der Waals surface area contributed by atoms with Gasteiger partial charge in [-0.05, 0) is 39.2 Å². The maximum atomic E-state index is 12.6. The molecule has 1 fully saturated rings. The third-order valence-corrected chi connectivity index (χ3v) is 6.88. The molecule has 0 bridgehead atoms. The zero-order chi connectivity index (χ0) is 25.0. The molecule has 3 rings (SSSR count). The van der Waals surface area contributed by atoms with Gasteiger partial charge in [0.15, 0.2) is 11.8 Å². The maximum Gasteiger partial charge on any atom is 0.331 e. The quantitative estimate of drug-likeness (QED) is 0.514. The summed E-state index contributed by atoms with van der Waals surface area (Å²) >= 11 is 13.5. The predicted molar refractivity (Wildman–Crippen MR) is 134 cm³/mol. The number of carbonyl (C=O) groups is 3. The number of Topliss-reactive ketones (excluding diaryl/α,β-unsaturated/α-hetero) is 1. The number of nitrogens with zero attached hydrogens (tertiary/aromatic N) is 3. The summed E-state index contributed by atoms with van der Waals surface area (Å²) in [5, 5.41) is 2.59. The standard InChI is InChI=1S/C23H24Cl2N4O4S/c1-5-33-22(32)16(29-19-18(34-4)20(30)23(19,2)3)8-12-6-7-13(9-27-12)28-21(31)17-14(24)10-26-11-15(17)25/h6-7,9-11,16,18H,5,8H2,1-4H3,(H,28,31)/t16-,18?/m0/s1. The van der Waals surface area contributed by atoms with E-state index >= 15 is 0 Å². The molecule has 2 heterocycles. The lowest BCUT2D eigenvalue weighted by Crippen LogP contribution is -2.58. The van der Waals surface area contributed by atoms with E-state index in [0.717, 1.165) is 0 Å². The number of rotatable bonds is 8. The smallest absolute Gasteiger partial charge is 0.331 e. The molecule has 1 saturated carbocycles. The Hall–Kier alpha value is -2.49. The van der Waals surface area contributed by atoms with Crippen molar-refractivity contribution in [3.05, 3.63) is 52.0 Å². The molecule has 180 valence electrons. The van der Waals surface area contributed by atoms with Crippen molar-refractivity contribution >= 4 is 64.0 Å². The minimum atomic E-state index is -0.834. The summed E-state index contributed by atoms with van der Waals surface area (Å²) in [6, 6.07) is 2.50. The normalized spacial score (nSPS) is 18.8. The highest BCUT2D eigenvalue weighted by atomic mass is 35.5. The molecule has 1 aliphatic rings. The van der Waals surface area contributed by atoms with Gasteiger partial charge < -0.3 is 10.1 Å². The summed E-state index contributed by atoms with van der Waals surface area (Å²) in [5.41, 5.74) is 1.07. The van der Waals surface area contributed by atoms with Crippen LogP contribution in [-0.4, -0.2) is 57.5 Å². The number of amides is 1. The van der Waals surface area contributed by atoms with Crippen molar-refractivity contribution in [1.82, 2.24) is 9.97 Å². The number of thioether (sulfide) groups is 1. The van der Waals surface area contributed by atoms with Gasteiger partial charge in [0.25, 0.3) is 5.91 Å². The second-order valence-corrected chi connectivity index (χ2v) is 9.82. The molecule has 0 aromatic carbocycles. The van der Waals surface area contributed by atoms with Crippen molar-refractivity contribution < 1.29 is 19.1 Å². The lowest BCUT2D eigenvalue weighted by Gasteiger charge is -2.42. The molecule has 2 aromatic rings. The molecular formula is C23H24Cl2N4O4S. The van der Waals surface area contributed by atoms with E-state index in [1.54, 1.807) is 32.9 Å². The second-order valence-electron chi connectivity index (χ2n) is 8.06. The van der Waals surface area contributed by atoms with E-state index in [1.807, 2.05) is 6.26 Å². The highest BCUT2D eigenvalue weighted by Gasteiger charge is 2.53. The predicted octanol–water partition coefficient (Wildman–Crippen LogP) is 4.29. The van der Waals surface area contributed by atoms with Crippen molar-refractivity contribution in [2.45, 2.75) is 38.5 Å². The summed E-state index contributed by atoms with van der Waals surface area (Å²) in [4.78, 5) is 50.3. The van der Waals surface area contributed by atoms with Crippen molar-refractivity contribution in [3.8, 4) is 0 Å². The average molecular weight is 523 g/mol. The van der Waals surface area contributed by atoms with Crippen LogP contribution in [-0.2, 0) is 20.7 Å². The molecule has 2 atom stereocenters. The van der Waals surface area contributed by atoms with Crippen LogP contribution in [0, 0.1) is 5.41 Å². The topological polar surface area (TPSA) is 111 Å². The van der Waals surface area contributed by atoms with E-state index in [4.69, 9.17) is 27.9 Å². The molecule has 1 amide bonds. The fraction of sp³-hybridized carbons (Fsp3) is 0.391. The van der Waals surface area contributed by atoms with Gasteiger partial charge in [-0.1, -0.05) is 23.2 Å². The van der Waals surface area contributed by atoms with Crippen LogP contribution in [0.25, 0.3) is 0 Å². The summed E-state index contributed by atoms with van der Waals surface area (Å²) in [5.74, 6) is -0.886. The maximum absolute atomic E-state index is 12.6. The Morgan fingerprint density at radius 1 is 1.24 bits per heavy atom. The lowest BCUT2D eigenvalue weighted by molar-refractivity contribution is -0.144. The Kier molecular flexibility index (Phi) is 8.33. The first-order valence-electron chi connectivity index (χ1n) is 10.5. The summed E-state index contributed by atoms with van der Waals surface area (Å²) < 4.78 is 5.20. The molecule has 11 heteroatoms. The summed E-state index contributed by atoms with van der Waals surface area (Å²) in [6.45, 7) is 5.55. The van der Waals surface area contributed by atoms with Gasteiger partial charge in [0.05, 0.1) is 39.5 Å². The number of ketones is 1. The van der Waals surface area contributed by atoms with Crippen molar-refractivity contribution in [2.24, 2.45) is 10.4 Å². The molecule has 1 aliphatic carbocycles. The van der Waals surface area contributed by atoms with Gasteiger partial charge in [-0.15, -0.1) is 11.8 Å². The Morgan fingerprint density at radius 2 is 1.91 bits per heavy atom. The number of aromatic nitrogens is 2. The van der Waals surface area contributed by atoms with Crippen molar-refractivity contribution in [1.29, 1.82) is 0 Å². The molecular weight excluding hydrogens is 499 g/mol. The summed E-state index contributed by atoms with van der Waals surface area (Å²) in [7, 11) is 0. The average Bonchev–Trinajstić information content (AvgIpc) is 2.79. The van der Waals surface area contributed by atoms with E-state index < -0.39 is 23.3 Å². The largest absolute Gasteiger partial charge is 0.464 e. The Balaban J connectivity index is 1.78. The highest BCUT2D eigenvalue weighted by Crippen LogP contribution is 2.40. The SMILES string of the molecule is CCOC(=O)[C@H](Cc1ccc(NC(=O)c2c(Cl)cncc2Cl)cn1)N=C1C(SC)C(=O)C1(C)C. The first-order chi connectivity index (χ1) is 16.1. The number of halogens is 2. The molecule has 0 spiro atoms. The number of hydrogen-bond donors (Lipinski definition) is 1. The number of esters is 1. The molecule has 0 radical (unpaired) electrons. The monoisotopic (exact) mass is 522 g/mol. The van der Waals surface area contributed by atoms with E-state index in [9.17, 15) is 14.4 Å². The van der Waals surface area contributed by atoms with Crippen LogP contribution in [0.15, 0.2) is 35.7 Å². The summed E-state index contributed by atoms with van der Waals surface area (Å²) in [6.07, 6.45) is 6.16. The van der Waals surface area contributed by atoms with Gasteiger partial charge in [0.1, 0.15) is 5.25 Å². The Bertz CT molecular complexity index is 1120. The molecule has 1 N–H and O–H groups in total. The number of hydrogen-bond acceptors (Lipinski definition) is 8. The van der Waals surface area contributed by atoms with Crippen LogP contribution in [0.2, 0.25) is 10.0 Å². The number of anilines is 1. The van der Waals surface area contributed by atoms with Gasteiger partial charge >= 0.3 is 5.97 Å². The van der Waals surface area contributed by atoms with Crippen LogP contribution >= 0.6 is 35.0 Å². The van der Waals surface area contributed by atoms with Gasteiger partial charge in [-0.2, -0.15) is 0 Å². The second kappa shape index (κ2) is 10.8. The van der Waals surface area contributed by atoms with E-state index in [-0.39, 0.29) is 39.7 Å². The van der Waals surface area contributed by atoms with Gasteiger partial charge in [-0.3, -0.25) is 24.5 Å². The number of nitrogens with one attached hydrogen (secondary N) is 1. The van der Waals surface area contributed by atoms with Crippen LogP contribution in [0.3, 0.4) is 0 Å². The number of carbonyl (C=O) groups excluding carboxylic acids is 3. The van der Waals surface area contributed by atoms with Gasteiger partial charge in [-0.25, -0.2) is 4.79 Å². The first-order valence-corrected chi connectivity index (χ1v) is 12.5. The van der Waals surface area contributed by atoms with Crippen LogP contribution in [0.4, 0.5) is 5.69 Å². The molecule has 1 unspecified atom stereocenters. The zero-order valence-corrected chi connectivity index (χ0v) is 21.4. The number of pyridine rings is 2. The van der Waals surface area contributed by atoms with E-state index in [1.165, 1.54) is 30.4 Å². The number of aliphatic imine (C=N–C) groups is 1. The van der Waals surface area contributed by atoms with Crippen LogP contribution in [0.5, 0.6) is 0 Å². The molecule has 34 heavy (non-hydrogen) atoms. The van der Waals surface area contributed by atoms with Gasteiger partial charge in [0, 0.05) is 30.2 Å². The molecule has 0 aliphatic heterocycles. The molecule has 8 nitrogen and oxygen atoms in total. The minimum absolute atomic E-state index is 0.0917. The van der Waals surface area contributed by atoms with Crippen molar-refractivity contribution in [2.75, 3.05) is 18.2 Å². The Labute approximate surface area is 211 Å². The van der Waals surface area contributed by atoms with E-state index in [2.05, 4.69) is 20.3 Å². The number of ether oxygens (including phenoxy) is 1. The fourth-order valence-electron chi connectivity index (χ4n) is 3.50. The van der Waals surface area contributed by atoms with Crippen molar-refractivity contribution in [3.63, 3.8) is 0 Å². The van der Waals surface area contributed by atoms with Crippen LogP contribution in [0.1, 0.15) is 36.8 Å².